The lowest BCUT2D eigenvalue weighted by molar-refractivity contribution is -0.122. The van der Waals surface area contributed by atoms with E-state index in [9.17, 15) is 18.8 Å². The van der Waals surface area contributed by atoms with E-state index >= 15 is 0 Å². The summed E-state index contributed by atoms with van der Waals surface area (Å²) in [6.45, 7) is 8.97. The van der Waals surface area contributed by atoms with Crippen LogP contribution in [0.25, 0.3) is 5.57 Å². The van der Waals surface area contributed by atoms with E-state index in [1.165, 1.54) is 35.0 Å². The third-order valence-corrected chi connectivity index (χ3v) is 6.26. The van der Waals surface area contributed by atoms with Crippen LogP contribution in [0.3, 0.4) is 0 Å². The molecule has 0 bridgehead atoms. The number of hydrogen-bond acceptors (Lipinski definition) is 7. The zero-order valence-corrected chi connectivity index (χ0v) is 24.9. The van der Waals surface area contributed by atoms with Gasteiger partial charge in [0, 0.05) is 36.0 Å². The number of carbonyl (C=O) groups excluding carboxylic acids is 2. The number of carbonyl (C=O) groups is 2. The predicted octanol–water partition coefficient (Wildman–Crippen LogP) is 2.92. The van der Waals surface area contributed by atoms with Gasteiger partial charge in [-0.15, -0.1) is 0 Å². The Hall–Kier alpha value is -5.52. The van der Waals surface area contributed by atoms with Crippen LogP contribution >= 0.6 is 0 Å². The standard InChI is InChI=1S/C32H37FN8O3/c1-19(2)40-30-32(44)41(18-28(42)37-15-22-8-10-24(11-9-22)29(35)36)27(17-38-30)20(3)12-25(13-21(4)34)31(43)39-16-23-6-5-7-26(33)14-23/h5-14,17,19H,4,15-16,18,34H2,1-3H3,(H3,35,36)(H,37,42)(H,38,40)(H,39,43)/b20-12+,25-13+. The molecule has 12 heteroatoms. The van der Waals surface area contributed by atoms with E-state index < -0.39 is 23.2 Å². The van der Waals surface area contributed by atoms with Gasteiger partial charge in [-0.2, -0.15) is 0 Å². The highest BCUT2D eigenvalue weighted by Gasteiger charge is 2.17. The van der Waals surface area contributed by atoms with Crippen molar-refractivity contribution < 1.29 is 14.0 Å². The number of nitrogen functional groups attached to an aromatic ring is 1. The van der Waals surface area contributed by atoms with Crippen LogP contribution in [0.1, 0.15) is 43.2 Å². The van der Waals surface area contributed by atoms with E-state index in [1.807, 2.05) is 13.8 Å². The number of anilines is 1. The molecular weight excluding hydrogens is 563 g/mol. The monoisotopic (exact) mass is 600 g/mol. The highest BCUT2D eigenvalue weighted by atomic mass is 19.1. The van der Waals surface area contributed by atoms with Crippen molar-refractivity contribution >= 4 is 29.0 Å². The smallest absolute Gasteiger partial charge is 0.294 e. The fourth-order valence-corrected chi connectivity index (χ4v) is 4.15. The van der Waals surface area contributed by atoms with Crippen LogP contribution in [0.5, 0.6) is 0 Å². The van der Waals surface area contributed by atoms with Crippen molar-refractivity contribution in [1.82, 2.24) is 20.2 Å². The minimum Gasteiger partial charge on any atom is -0.399 e. The summed E-state index contributed by atoms with van der Waals surface area (Å²) in [7, 11) is 0. The lowest BCUT2D eigenvalue weighted by Crippen LogP contribution is -2.35. The summed E-state index contributed by atoms with van der Waals surface area (Å²) in [6, 6.07) is 12.6. The SMILES string of the molecule is C=C(N)/C=C(\C=C(/C)c1cnc(NC(C)C)c(=O)n1CC(=O)NCc1ccc(C(=N)N)cc1)C(=O)NCc1cccc(F)c1. The quantitative estimate of drug-likeness (QED) is 0.0755. The molecule has 11 nitrogen and oxygen atoms in total. The number of halogens is 1. The summed E-state index contributed by atoms with van der Waals surface area (Å²) in [5, 5.41) is 16.0. The van der Waals surface area contributed by atoms with Crippen molar-refractivity contribution in [3.63, 3.8) is 0 Å². The Kier molecular flexibility index (Phi) is 11.3. The summed E-state index contributed by atoms with van der Waals surface area (Å²) in [4.78, 5) is 43.9. The van der Waals surface area contributed by atoms with Crippen LogP contribution in [0, 0.1) is 11.2 Å². The number of amidine groups is 1. The van der Waals surface area contributed by atoms with Gasteiger partial charge in [-0.05, 0) is 61.8 Å². The fourth-order valence-electron chi connectivity index (χ4n) is 4.15. The molecule has 2 amide bonds. The Morgan fingerprint density at radius 2 is 1.75 bits per heavy atom. The minimum absolute atomic E-state index is 0.0581. The number of amides is 2. The zero-order valence-electron chi connectivity index (χ0n) is 24.9. The van der Waals surface area contributed by atoms with Crippen molar-refractivity contribution in [2.45, 2.75) is 46.4 Å². The van der Waals surface area contributed by atoms with Gasteiger partial charge in [-0.3, -0.25) is 24.4 Å². The van der Waals surface area contributed by atoms with E-state index in [2.05, 4.69) is 27.5 Å². The molecule has 1 aromatic heterocycles. The molecule has 0 spiro atoms. The average Bonchev–Trinajstić information content (AvgIpc) is 2.96. The summed E-state index contributed by atoms with van der Waals surface area (Å²) in [5.74, 6) is -1.35. The van der Waals surface area contributed by atoms with Crippen LogP contribution in [-0.2, 0) is 29.2 Å². The maximum atomic E-state index is 13.6. The van der Waals surface area contributed by atoms with Gasteiger partial charge in [0.1, 0.15) is 18.2 Å². The van der Waals surface area contributed by atoms with Gasteiger partial charge < -0.3 is 27.4 Å². The van der Waals surface area contributed by atoms with Crippen LogP contribution in [0.15, 0.2) is 89.5 Å². The maximum absolute atomic E-state index is 13.6. The second kappa shape index (κ2) is 15.1. The summed E-state index contributed by atoms with van der Waals surface area (Å²) in [5.41, 5.74) is 13.7. The molecule has 8 N–H and O–H groups in total. The van der Waals surface area contributed by atoms with Crippen molar-refractivity contribution in [3.8, 4) is 0 Å². The third-order valence-electron chi connectivity index (χ3n) is 6.26. The van der Waals surface area contributed by atoms with Gasteiger partial charge in [0.05, 0.1) is 11.9 Å². The first kappa shape index (κ1) is 33.0. The third kappa shape index (κ3) is 9.51. The van der Waals surface area contributed by atoms with E-state index in [0.29, 0.717) is 22.4 Å². The van der Waals surface area contributed by atoms with Gasteiger partial charge in [0.25, 0.3) is 11.5 Å². The van der Waals surface area contributed by atoms with Crippen molar-refractivity contribution in [3.05, 3.63) is 123 Å². The van der Waals surface area contributed by atoms with E-state index in [0.717, 1.165) is 5.56 Å². The van der Waals surface area contributed by atoms with Crippen LogP contribution in [0.2, 0.25) is 0 Å². The minimum atomic E-state index is -0.519. The van der Waals surface area contributed by atoms with Crippen molar-refractivity contribution in [1.29, 1.82) is 5.41 Å². The molecule has 0 fully saturated rings. The molecule has 0 saturated heterocycles. The Morgan fingerprint density at radius 1 is 1.07 bits per heavy atom. The molecule has 44 heavy (non-hydrogen) atoms. The summed E-state index contributed by atoms with van der Waals surface area (Å²) < 4.78 is 14.9. The van der Waals surface area contributed by atoms with E-state index in [-0.39, 0.29) is 48.6 Å². The molecule has 3 rings (SSSR count). The Morgan fingerprint density at radius 3 is 2.36 bits per heavy atom. The summed E-state index contributed by atoms with van der Waals surface area (Å²) >= 11 is 0. The lowest BCUT2D eigenvalue weighted by atomic mass is 10.1. The maximum Gasteiger partial charge on any atom is 0.294 e. The number of rotatable bonds is 13. The second-order valence-corrected chi connectivity index (χ2v) is 10.4. The first-order chi connectivity index (χ1) is 20.8. The molecule has 1 heterocycles. The summed E-state index contributed by atoms with van der Waals surface area (Å²) in [6.07, 6.45) is 4.33. The van der Waals surface area contributed by atoms with Gasteiger partial charge in [-0.25, -0.2) is 9.37 Å². The first-order valence-electron chi connectivity index (χ1n) is 13.8. The molecule has 2 aromatic carbocycles. The molecule has 0 radical (unpaired) electrons. The van der Waals surface area contributed by atoms with Crippen molar-refractivity contribution in [2.24, 2.45) is 11.5 Å². The predicted molar refractivity (Wildman–Crippen MR) is 170 cm³/mol. The molecule has 0 aliphatic heterocycles. The van der Waals surface area contributed by atoms with E-state index in [4.69, 9.17) is 16.9 Å². The van der Waals surface area contributed by atoms with Crippen molar-refractivity contribution in [2.75, 3.05) is 5.32 Å². The molecule has 3 aromatic rings. The highest BCUT2D eigenvalue weighted by molar-refractivity contribution is 5.98. The normalized spacial score (nSPS) is 11.7. The Labute approximate surface area is 255 Å². The largest absolute Gasteiger partial charge is 0.399 e. The van der Waals surface area contributed by atoms with Crippen LogP contribution < -0.4 is 33.0 Å². The lowest BCUT2D eigenvalue weighted by Gasteiger charge is -2.17. The van der Waals surface area contributed by atoms with Gasteiger partial charge in [-0.1, -0.05) is 43.0 Å². The number of benzene rings is 2. The van der Waals surface area contributed by atoms with Crippen LogP contribution in [0.4, 0.5) is 10.2 Å². The second-order valence-electron chi connectivity index (χ2n) is 10.4. The number of nitrogens with two attached hydrogens (primary N) is 2. The molecule has 0 saturated carbocycles. The zero-order chi connectivity index (χ0) is 32.4. The Bertz CT molecular complexity index is 1670. The molecule has 0 aliphatic rings. The number of aromatic nitrogens is 2. The molecule has 0 unspecified atom stereocenters. The number of allylic oxidation sites excluding steroid dienone is 2. The fraction of sp³-hybridized carbons (Fsp3) is 0.219. The van der Waals surface area contributed by atoms with Crippen LogP contribution in [-0.4, -0.2) is 33.2 Å². The molecule has 0 atom stereocenters. The number of nitrogens with one attached hydrogen (secondary N) is 4. The van der Waals surface area contributed by atoms with E-state index in [1.54, 1.807) is 43.3 Å². The van der Waals surface area contributed by atoms with Gasteiger partial charge >= 0.3 is 0 Å². The Balaban J connectivity index is 1.89. The average molecular weight is 601 g/mol. The van der Waals surface area contributed by atoms with Gasteiger partial charge in [0.15, 0.2) is 5.82 Å². The highest BCUT2D eigenvalue weighted by Crippen LogP contribution is 2.17. The van der Waals surface area contributed by atoms with Gasteiger partial charge in [0.2, 0.25) is 5.91 Å². The first-order valence-corrected chi connectivity index (χ1v) is 13.8. The topological polar surface area (TPSA) is 181 Å². The number of nitrogens with zero attached hydrogens (tertiary/aromatic N) is 2. The molecular formula is C32H37FN8O3. The molecule has 230 valence electrons. The molecule has 0 aliphatic carbocycles. The number of hydrogen-bond donors (Lipinski definition) is 6.